The summed E-state index contributed by atoms with van der Waals surface area (Å²) in [5, 5.41) is 3.09. The van der Waals surface area contributed by atoms with Crippen molar-refractivity contribution in [2.75, 3.05) is 56.7 Å². The highest BCUT2D eigenvalue weighted by molar-refractivity contribution is 5.91. The van der Waals surface area contributed by atoms with Gasteiger partial charge in [-0.2, -0.15) is 0 Å². The number of piperazine rings is 1. The summed E-state index contributed by atoms with van der Waals surface area (Å²) in [6, 6.07) is 12.3. The Kier molecular flexibility index (Phi) is 5.69. The van der Waals surface area contributed by atoms with Gasteiger partial charge in [0.1, 0.15) is 0 Å². The number of nitrogens with zero attached hydrogens (tertiary/aromatic N) is 3. The highest BCUT2D eigenvalue weighted by Gasteiger charge is 2.36. The van der Waals surface area contributed by atoms with E-state index in [1.807, 2.05) is 24.3 Å². The Labute approximate surface area is 167 Å². The van der Waals surface area contributed by atoms with Gasteiger partial charge in [0, 0.05) is 63.2 Å². The lowest BCUT2D eigenvalue weighted by atomic mass is 9.86. The number of benzene rings is 1. The predicted molar refractivity (Wildman–Crippen MR) is 112 cm³/mol. The summed E-state index contributed by atoms with van der Waals surface area (Å²) < 4.78 is 7.73. The van der Waals surface area contributed by atoms with Crippen LogP contribution in [0.2, 0.25) is 0 Å². The molecule has 2 aromatic rings. The number of rotatable bonds is 5. The zero-order valence-electron chi connectivity index (χ0n) is 16.6. The normalized spacial score (nSPS) is 20.1. The van der Waals surface area contributed by atoms with E-state index in [0.717, 1.165) is 44.7 Å². The van der Waals surface area contributed by atoms with Crippen LogP contribution in [0.5, 0.6) is 0 Å². The lowest BCUT2D eigenvalue weighted by Gasteiger charge is -2.38. The predicted octanol–water partition coefficient (Wildman–Crippen LogP) is 2.77. The fraction of sp³-hybridized carbons (Fsp3) is 0.500. The van der Waals surface area contributed by atoms with Gasteiger partial charge in [-0.15, -0.1) is 0 Å². The van der Waals surface area contributed by atoms with Crippen LogP contribution in [0.3, 0.4) is 0 Å². The first-order valence-corrected chi connectivity index (χ1v) is 10.2. The van der Waals surface area contributed by atoms with E-state index < -0.39 is 0 Å². The first-order chi connectivity index (χ1) is 13.6. The molecule has 0 spiro atoms. The van der Waals surface area contributed by atoms with E-state index >= 15 is 0 Å². The highest BCUT2D eigenvalue weighted by Crippen LogP contribution is 2.33. The standard InChI is InChI=1S/C22H30N4O2/c1-24-12-14-25(15-13-24)20-6-4-19(5-7-20)23-21(27)18-22(8-16-28-17-9-22)26-10-2-3-11-26/h2-7,10-11H,8-9,12-18H2,1H3,(H,23,27). The summed E-state index contributed by atoms with van der Waals surface area (Å²) >= 11 is 0. The summed E-state index contributed by atoms with van der Waals surface area (Å²) in [4.78, 5) is 17.6. The second-order valence-corrected chi connectivity index (χ2v) is 7.99. The molecule has 150 valence electrons. The molecule has 1 aromatic carbocycles. The third-order valence-electron chi connectivity index (χ3n) is 6.08. The third-order valence-corrected chi connectivity index (χ3v) is 6.08. The van der Waals surface area contributed by atoms with Crippen molar-refractivity contribution < 1.29 is 9.53 Å². The van der Waals surface area contributed by atoms with Crippen LogP contribution in [0.4, 0.5) is 11.4 Å². The fourth-order valence-corrected chi connectivity index (χ4v) is 4.25. The molecule has 4 rings (SSSR count). The zero-order chi connectivity index (χ0) is 19.4. The molecule has 28 heavy (non-hydrogen) atoms. The number of hydrogen-bond donors (Lipinski definition) is 1. The monoisotopic (exact) mass is 382 g/mol. The number of ether oxygens (including phenoxy) is 1. The van der Waals surface area contributed by atoms with Crippen LogP contribution in [0.1, 0.15) is 19.3 Å². The first kappa shape index (κ1) is 19.0. The number of carbonyl (C=O) groups excluding carboxylic acids is 1. The van der Waals surface area contributed by atoms with E-state index in [4.69, 9.17) is 4.74 Å². The number of anilines is 2. The Morgan fingerprint density at radius 3 is 2.32 bits per heavy atom. The summed E-state index contributed by atoms with van der Waals surface area (Å²) in [6.45, 7) is 5.66. The van der Waals surface area contributed by atoms with Crippen molar-refractivity contribution in [2.24, 2.45) is 0 Å². The molecule has 1 N–H and O–H groups in total. The molecule has 2 saturated heterocycles. The van der Waals surface area contributed by atoms with Crippen LogP contribution < -0.4 is 10.2 Å². The summed E-state index contributed by atoms with van der Waals surface area (Å²) in [5.41, 5.74) is 1.89. The Morgan fingerprint density at radius 1 is 1.04 bits per heavy atom. The SMILES string of the molecule is CN1CCN(c2ccc(NC(=O)CC3(n4cccc4)CCOCC3)cc2)CC1. The molecule has 0 radical (unpaired) electrons. The highest BCUT2D eigenvalue weighted by atomic mass is 16.5. The van der Waals surface area contributed by atoms with Gasteiger partial charge in [0.15, 0.2) is 0 Å². The molecule has 0 bridgehead atoms. The Morgan fingerprint density at radius 2 is 1.68 bits per heavy atom. The molecule has 0 atom stereocenters. The molecule has 0 saturated carbocycles. The number of carbonyl (C=O) groups is 1. The van der Waals surface area contributed by atoms with Crippen LogP contribution in [0.25, 0.3) is 0 Å². The van der Waals surface area contributed by atoms with Gasteiger partial charge in [0.25, 0.3) is 0 Å². The van der Waals surface area contributed by atoms with Gasteiger partial charge in [0.05, 0.1) is 12.0 Å². The van der Waals surface area contributed by atoms with Gasteiger partial charge in [-0.05, 0) is 56.3 Å². The first-order valence-electron chi connectivity index (χ1n) is 10.2. The van der Waals surface area contributed by atoms with E-state index in [-0.39, 0.29) is 11.4 Å². The van der Waals surface area contributed by atoms with Crippen LogP contribution in [0.15, 0.2) is 48.8 Å². The Hall–Kier alpha value is -2.31. The number of amides is 1. The summed E-state index contributed by atoms with van der Waals surface area (Å²) in [5.74, 6) is 0.0583. The second-order valence-electron chi connectivity index (χ2n) is 7.99. The van der Waals surface area contributed by atoms with E-state index in [0.29, 0.717) is 19.6 Å². The van der Waals surface area contributed by atoms with E-state index in [1.165, 1.54) is 5.69 Å². The van der Waals surface area contributed by atoms with Crippen LogP contribution in [-0.4, -0.2) is 61.8 Å². The van der Waals surface area contributed by atoms with Gasteiger partial charge in [0.2, 0.25) is 5.91 Å². The van der Waals surface area contributed by atoms with E-state index in [2.05, 4.69) is 51.3 Å². The average molecular weight is 383 g/mol. The molecular formula is C22H30N4O2. The number of likely N-dealkylation sites (N-methyl/N-ethyl adjacent to an activating group) is 1. The van der Waals surface area contributed by atoms with Crippen molar-refractivity contribution >= 4 is 17.3 Å². The largest absolute Gasteiger partial charge is 0.381 e. The molecule has 1 amide bonds. The minimum atomic E-state index is -0.189. The van der Waals surface area contributed by atoms with Gasteiger partial charge in [-0.1, -0.05) is 0 Å². The third kappa shape index (κ3) is 4.23. The maximum atomic E-state index is 12.8. The molecular weight excluding hydrogens is 352 g/mol. The molecule has 2 fully saturated rings. The number of hydrogen-bond acceptors (Lipinski definition) is 4. The summed E-state index contributed by atoms with van der Waals surface area (Å²) in [7, 11) is 2.16. The van der Waals surface area contributed by atoms with Gasteiger partial charge >= 0.3 is 0 Å². The van der Waals surface area contributed by atoms with Crippen molar-refractivity contribution in [1.82, 2.24) is 9.47 Å². The molecule has 2 aliphatic heterocycles. The van der Waals surface area contributed by atoms with Crippen molar-refractivity contribution in [3.05, 3.63) is 48.8 Å². The van der Waals surface area contributed by atoms with E-state index in [1.54, 1.807) is 0 Å². The maximum absolute atomic E-state index is 12.8. The van der Waals surface area contributed by atoms with Crippen LogP contribution >= 0.6 is 0 Å². The molecule has 3 heterocycles. The average Bonchev–Trinajstić information content (AvgIpc) is 3.26. The van der Waals surface area contributed by atoms with Gasteiger partial charge in [-0.25, -0.2) is 0 Å². The van der Waals surface area contributed by atoms with Crippen molar-refractivity contribution in [3.8, 4) is 0 Å². The molecule has 0 unspecified atom stereocenters. The van der Waals surface area contributed by atoms with Crippen molar-refractivity contribution in [1.29, 1.82) is 0 Å². The minimum absolute atomic E-state index is 0.0583. The van der Waals surface area contributed by atoms with Crippen molar-refractivity contribution in [3.63, 3.8) is 0 Å². The lowest BCUT2D eigenvalue weighted by molar-refractivity contribution is -0.119. The maximum Gasteiger partial charge on any atom is 0.226 e. The fourth-order valence-electron chi connectivity index (χ4n) is 4.25. The number of nitrogens with one attached hydrogen (secondary N) is 1. The van der Waals surface area contributed by atoms with Crippen LogP contribution in [-0.2, 0) is 15.1 Å². The number of aromatic nitrogens is 1. The lowest BCUT2D eigenvalue weighted by Crippen LogP contribution is -2.44. The Bertz CT molecular complexity index is 758. The van der Waals surface area contributed by atoms with Gasteiger partial charge < -0.3 is 24.4 Å². The molecule has 6 heteroatoms. The molecule has 2 aliphatic rings. The minimum Gasteiger partial charge on any atom is -0.381 e. The van der Waals surface area contributed by atoms with E-state index in [9.17, 15) is 4.79 Å². The van der Waals surface area contributed by atoms with Gasteiger partial charge in [-0.3, -0.25) is 4.79 Å². The van der Waals surface area contributed by atoms with Crippen molar-refractivity contribution in [2.45, 2.75) is 24.8 Å². The Balaban J connectivity index is 1.39. The van der Waals surface area contributed by atoms with Crippen LogP contribution in [0, 0.1) is 0 Å². The topological polar surface area (TPSA) is 49.7 Å². The molecule has 6 nitrogen and oxygen atoms in total. The zero-order valence-corrected chi connectivity index (χ0v) is 16.6. The quantitative estimate of drug-likeness (QED) is 0.864. The smallest absolute Gasteiger partial charge is 0.226 e. The molecule has 1 aromatic heterocycles. The second kappa shape index (κ2) is 8.37. The molecule has 0 aliphatic carbocycles. The summed E-state index contributed by atoms with van der Waals surface area (Å²) in [6.07, 6.45) is 6.30.